The minimum absolute atomic E-state index is 0.00673. The monoisotopic (exact) mass is 397 g/mol. The van der Waals surface area contributed by atoms with E-state index in [9.17, 15) is 9.59 Å². The van der Waals surface area contributed by atoms with Crippen molar-refractivity contribution in [2.75, 3.05) is 6.54 Å². The Labute approximate surface area is 172 Å². The summed E-state index contributed by atoms with van der Waals surface area (Å²) in [6, 6.07) is 9.27. The maximum absolute atomic E-state index is 12.1. The molecule has 2 fully saturated rings. The molecule has 1 aromatic rings. The number of nitrogens with one attached hydrogen (secondary N) is 1. The number of carboxylic acid groups (broad SMARTS) is 1. The summed E-state index contributed by atoms with van der Waals surface area (Å²) in [6.07, 6.45) is 14.5. The van der Waals surface area contributed by atoms with Gasteiger partial charge in [-0.3, -0.25) is 9.59 Å². The van der Waals surface area contributed by atoms with Crippen LogP contribution in [0.3, 0.4) is 0 Å². The lowest BCUT2D eigenvalue weighted by Crippen LogP contribution is -2.29. The van der Waals surface area contributed by atoms with Gasteiger partial charge in [0.1, 0.15) is 0 Å². The minimum Gasteiger partial charge on any atom is -0.481 e. The second kappa shape index (κ2) is 11.0. The largest absolute Gasteiger partial charge is 0.481 e. The third-order valence-corrected chi connectivity index (χ3v) is 5.96. The van der Waals surface area contributed by atoms with Crippen LogP contribution in [0.25, 0.3) is 0 Å². The lowest BCUT2D eigenvalue weighted by molar-refractivity contribution is -0.137. The Hall–Kier alpha value is -2.40. The van der Waals surface area contributed by atoms with Gasteiger partial charge in [0.25, 0.3) is 0 Å². The first kappa shape index (κ1) is 21.3. The third kappa shape index (κ3) is 6.29. The van der Waals surface area contributed by atoms with Gasteiger partial charge in [0, 0.05) is 30.8 Å². The Kier molecular flexibility index (Phi) is 8.05. The van der Waals surface area contributed by atoms with E-state index in [0.29, 0.717) is 36.0 Å². The van der Waals surface area contributed by atoms with Crippen molar-refractivity contribution < 1.29 is 19.4 Å². The molecule has 0 saturated carbocycles. The summed E-state index contributed by atoms with van der Waals surface area (Å²) < 4.78 is 6.15. The maximum Gasteiger partial charge on any atom is 0.303 e. The first-order valence-electron chi connectivity index (χ1n) is 10.7. The molecule has 2 bridgehead atoms. The van der Waals surface area contributed by atoms with Gasteiger partial charge in [0.05, 0.1) is 12.2 Å². The molecule has 0 amide bonds. The number of allylic oxidation sites excluding steroid dienone is 3. The Balaban J connectivity index is 1.39. The number of carboxylic acids is 1. The van der Waals surface area contributed by atoms with Crippen molar-refractivity contribution in [3.63, 3.8) is 0 Å². The molecule has 0 aromatic heterocycles. The normalized spacial score (nSPS) is 25.8. The molecule has 2 aliphatic rings. The predicted octanol–water partition coefficient (Wildman–Crippen LogP) is 4.36. The molecule has 2 saturated heterocycles. The second-order valence-corrected chi connectivity index (χ2v) is 7.92. The number of ether oxygens (including phenoxy) is 1. The number of unbranched alkanes of at least 4 members (excludes halogenated alkanes) is 1. The van der Waals surface area contributed by atoms with Gasteiger partial charge in [0.2, 0.25) is 0 Å². The first-order chi connectivity index (χ1) is 14.1. The van der Waals surface area contributed by atoms with Crippen LogP contribution in [-0.2, 0) is 9.53 Å². The number of carbonyl (C=O) groups excluding carboxylic acids is 1. The molecule has 5 nitrogen and oxygen atoms in total. The molecule has 3 rings (SSSR count). The molecule has 5 heteroatoms. The van der Waals surface area contributed by atoms with Gasteiger partial charge >= 0.3 is 5.97 Å². The molecule has 2 heterocycles. The average molecular weight is 398 g/mol. The quantitative estimate of drug-likeness (QED) is 0.237. The molecule has 156 valence electrons. The Morgan fingerprint density at radius 2 is 1.86 bits per heavy atom. The highest BCUT2D eigenvalue weighted by molar-refractivity contribution is 6.04. The number of hydrogen-bond acceptors (Lipinski definition) is 4. The van der Waals surface area contributed by atoms with Crippen LogP contribution in [0.15, 0.2) is 54.8 Å². The summed E-state index contributed by atoms with van der Waals surface area (Å²) >= 11 is 0. The van der Waals surface area contributed by atoms with Crippen LogP contribution in [-0.4, -0.2) is 35.6 Å². The molecule has 2 N–H and O–H groups in total. The van der Waals surface area contributed by atoms with Crippen LogP contribution >= 0.6 is 0 Å². The lowest BCUT2D eigenvalue weighted by atomic mass is 9.76. The number of ketones is 1. The third-order valence-electron chi connectivity index (χ3n) is 5.96. The highest BCUT2D eigenvalue weighted by atomic mass is 16.5. The van der Waals surface area contributed by atoms with E-state index in [4.69, 9.17) is 9.84 Å². The SMILES string of the molecule is O=C(O)CCC/C=C\C[C@H]1[C@@H](CCNC=CC(=O)c2ccccc2)[C@H]2CC[C@@H]1O2. The molecular weight excluding hydrogens is 366 g/mol. The van der Waals surface area contributed by atoms with Crippen LogP contribution in [0.2, 0.25) is 0 Å². The fourth-order valence-corrected chi connectivity index (χ4v) is 4.51. The van der Waals surface area contributed by atoms with Gasteiger partial charge < -0.3 is 15.2 Å². The van der Waals surface area contributed by atoms with E-state index in [0.717, 1.165) is 38.6 Å². The number of rotatable bonds is 12. The summed E-state index contributed by atoms with van der Waals surface area (Å²) in [5.41, 5.74) is 0.697. The zero-order valence-electron chi connectivity index (χ0n) is 16.8. The van der Waals surface area contributed by atoms with Crippen LogP contribution in [0, 0.1) is 11.8 Å². The van der Waals surface area contributed by atoms with Crippen molar-refractivity contribution in [2.24, 2.45) is 11.8 Å². The van der Waals surface area contributed by atoms with Gasteiger partial charge in [-0.2, -0.15) is 0 Å². The summed E-state index contributed by atoms with van der Waals surface area (Å²) in [7, 11) is 0. The Morgan fingerprint density at radius 1 is 1.10 bits per heavy atom. The fourth-order valence-electron chi connectivity index (χ4n) is 4.51. The molecule has 0 radical (unpaired) electrons. The molecule has 4 atom stereocenters. The second-order valence-electron chi connectivity index (χ2n) is 7.92. The number of hydrogen-bond donors (Lipinski definition) is 2. The van der Waals surface area contributed by atoms with Crippen molar-refractivity contribution in [1.82, 2.24) is 5.32 Å². The van der Waals surface area contributed by atoms with Gasteiger partial charge in [-0.15, -0.1) is 0 Å². The van der Waals surface area contributed by atoms with E-state index in [1.54, 1.807) is 12.3 Å². The van der Waals surface area contributed by atoms with Crippen molar-refractivity contribution in [1.29, 1.82) is 0 Å². The maximum atomic E-state index is 12.1. The van der Waals surface area contributed by atoms with Crippen LogP contribution < -0.4 is 5.32 Å². The predicted molar refractivity (Wildman–Crippen MR) is 113 cm³/mol. The van der Waals surface area contributed by atoms with E-state index in [1.165, 1.54) is 0 Å². The van der Waals surface area contributed by atoms with E-state index in [-0.39, 0.29) is 12.2 Å². The van der Waals surface area contributed by atoms with E-state index >= 15 is 0 Å². The fraction of sp³-hybridized carbons (Fsp3) is 0.500. The lowest BCUT2D eigenvalue weighted by Gasteiger charge is -2.27. The summed E-state index contributed by atoms with van der Waals surface area (Å²) in [6.45, 7) is 0.828. The molecule has 0 unspecified atom stereocenters. The van der Waals surface area contributed by atoms with E-state index in [1.807, 2.05) is 30.3 Å². The topological polar surface area (TPSA) is 75.6 Å². The van der Waals surface area contributed by atoms with Gasteiger partial charge in [-0.05, 0) is 50.4 Å². The van der Waals surface area contributed by atoms with Crippen molar-refractivity contribution in [2.45, 2.75) is 57.2 Å². The Bertz CT molecular complexity index is 728. The average Bonchev–Trinajstić information content (AvgIpc) is 3.32. The molecular formula is C24H31NO4. The molecule has 1 aromatic carbocycles. The number of aliphatic carboxylic acids is 1. The Morgan fingerprint density at radius 3 is 2.62 bits per heavy atom. The smallest absolute Gasteiger partial charge is 0.303 e. The standard InChI is InChI=1S/C24H31NO4/c26-21(18-8-4-3-5-9-18)15-17-25-16-14-20-19(22-12-13-23(20)29-22)10-6-1-2-7-11-24(27)28/h1,3-6,8-9,15,17,19-20,22-23,25H,2,7,10-14,16H2,(H,27,28)/b6-1-,17-15?/t19-,20+,22-,23+/m0/s1. The van der Waals surface area contributed by atoms with E-state index < -0.39 is 5.97 Å². The summed E-state index contributed by atoms with van der Waals surface area (Å²) in [4.78, 5) is 22.6. The molecule has 2 aliphatic heterocycles. The zero-order chi connectivity index (χ0) is 20.5. The summed E-state index contributed by atoms with van der Waals surface area (Å²) in [5, 5.41) is 11.9. The van der Waals surface area contributed by atoms with Crippen LogP contribution in [0.4, 0.5) is 0 Å². The highest BCUT2D eigenvalue weighted by Crippen LogP contribution is 2.46. The molecule has 0 spiro atoms. The molecule has 0 aliphatic carbocycles. The van der Waals surface area contributed by atoms with Crippen molar-refractivity contribution >= 4 is 11.8 Å². The van der Waals surface area contributed by atoms with Gasteiger partial charge in [-0.25, -0.2) is 0 Å². The van der Waals surface area contributed by atoms with Gasteiger partial charge in [0.15, 0.2) is 5.78 Å². The van der Waals surface area contributed by atoms with Crippen LogP contribution in [0.1, 0.15) is 55.3 Å². The number of carbonyl (C=O) groups is 2. The van der Waals surface area contributed by atoms with Gasteiger partial charge in [-0.1, -0.05) is 42.5 Å². The van der Waals surface area contributed by atoms with Crippen LogP contribution in [0.5, 0.6) is 0 Å². The first-order valence-corrected chi connectivity index (χ1v) is 10.7. The minimum atomic E-state index is -0.730. The van der Waals surface area contributed by atoms with Crippen molar-refractivity contribution in [3.05, 3.63) is 60.3 Å². The summed E-state index contributed by atoms with van der Waals surface area (Å²) in [5.74, 6) is 0.364. The highest BCUT2D eigenvalue weighted by Gasteiger charge is 2.47. The zero-order valence-corrected chi connectivity index (χ0v) is 16.8. The number of fused-ring (bicyclic) bond motifs is 2. The van der Waals surface area contributed by atoms with E-state index in [2.05, 4.69) is 17.5 Å². The molecule has 29 heavy (non-hydrogen) atoms. The number of benzene rings is 1. The van der Waals surface area contributed by atoms with Crippen molar-refractivity contribution in [3.8, 4) is 0 Å².